The summed E-state index contributed by atoms with van der Waals surface area (Å²) in [4.78, 5) is 6.71. The van der Waals surface area contributed by atoms with E-state index >= 15 is 0 Å². The molecule has 0 heterocycles. The zero-order valence-electron chi connectivity index (χ0n) is 18.0. The molecule has 2 aromatic rings. The number of rotatable bonds is 7. The van der Waals surface area contributed by atoms with Crippen LogP contribution in [0, 0.1) is 13.8 Å². The molecule has 0 bridgehead atoms. The van der Waals surface area contributed by atoms with Gasteiger partial charge < -0.3 is 9.64 Å². The molecule has 3 nitrogen and oxygen atoms in total. The molecular weight excluding hydrogens is 332 g/mol. The van der Waals surface area contributed by atoms with Crippen molar-refractivity contribution >= 4 is 12.0 Å². The third kappa shape index (κ3) is 6.84. The van der Waals surface area contributed by atoms with Gasteiger partial charge in [0.2, 0.25) is 0 Å². The Morgan fingerprint density at radius 1 is 1.04 bits per heavy atom. The standard InChI is InChI=1S/C24H34N2O/c1-8-26(7)17-25-23-13-18(2)22(12-19(23)3)15-20-10-9-11-21(14-20)16-27-24(4,5)6/h9-14,17H,8,15-16H2,1-7H3/b25-17+. The van der Waals surface area contributed by atoms with E-state index in [2.05, 4.69) is 87.8 Å². The van der Waals surface area contributed by atoms with Gasteiger partial charge in [0.15, 0.2) is 0 Å². The first kappa shape index (κ1) is 21.2. The van der Waals surface area contributed by atoms with E-state index in [1.807, 2.05) is 13.4 Å². The fraction of sp³-hybridized carbons (Fsp3) is 0.458. The molecule has 0 spiro atoms. The van der Waals surface area contributed by atoms with Gasteiger partial charge in [0, 0.05) is 13.6 Å². The molecule has 0 radical (unpaired) electrons. The van der Waals surface area contributed by atoms with Crippen LogP contribution in [-0.4, -0.2) is 30.4 Å². The first-order valence-electron chi connectivity index (χ1n) is 9.74. The molecule has 2 aromatic carbocycles. The second-order valence-corrected chi connectivity index (χ2v) is 8.28. The Labute approximate surface area is 165 Å². The van der Waals surface area contributed by atoms with Crippen molar-refractivity contribution in [2.24, 2.45) is 4.99 Å². The topological polar surface area (TPSA) is 24.8 Å². The number of ether oxygens (including phenoxy) is 1. The molecule has 3 heteroatoms. The molecule has 0 amide bonds. The van der Waals surface area contributed by atoms with E-state index in [1.54, 1.807) is 0 Å². The maximum atomic E-state index is 5.91. The molecule has 0 saturated carbocycles. The second kappa shape index (κ2) is 9.18. The number of aliphatic imine (C=N–C) groups is 1. The van der Waals surface area contributed by atoms with Gasteiger partial charge in [0.05, 0.1) is 24.2 Å². The number of aryl methyl sites for hydroxylation is 2. The lowest BCUT2D eigenvalue weighted by molar-refractivity contribution is -0.0149. The fourth-order valence-corrected chi connectivity index (χ4v) is 2.78. The molecular formula is C24H34N2O. The minimum Gasteiger partial charge on any atom is -0.371 e. The third-order valence-electron chi connectivity index (χ3n) is 4.61. The number of nitrogens with zero attached hydrogens (tertiary/aromatic N) is 2. The molecule has 0 N–H and O–H groups in total. The molecule has 0 aliphatic heterocycles. The van der Waals surface area contributed by atoms with Gasteiger partial charge >= 0.3 is 0 Å². The molecule has 2 rings (SSSR count). The van der Waals surface area contributed by atoms with Crippen molar-refractivity contribution in [1.82, 2.24) is 4.90 Å². The van der Waals surface area contributed by atoms with Gasteiger partial charge in [-0.3, -0.25) is 0 Å². The number of hydrogen-bond donors (Lipinski definition) is 0. The summed E-state index contributed by atoms with van der Waals surface area (Å²) in [5.41, 5.74) is 7.31. The molecule has 0 aromatic heterocycles. The van der Waals surface area contributed by atoms with Gasteiger partial charge in [-0.2, -0.15) is 0 Å². The van der Waals surface area contributed by atoms with Gasteiger partial charge in [-0.05, 0) is 81.8 Å². The molecule has 0 atom stereocenters. The summed E-state index contributed by atoms with van der Waals surface area (Å²) >= 11 is 0. The average Bonchev–Trinajstić information content (AvgIpc) is 2.61. The summed E-state index contributed by atoms with van der Waals surface area (Å²) < 4.78 is 5.91. The molecule has 146 valence electrons. The Morgan fingerprint density at radius 3 is 2.41 bits per heavy atom. The van der Waals surface area contributed by atoms with Crippen molar-refractivity contribution in [3.05, 3.63) is 64.2 Å². The fourth-order valence-electron chi connectivity index (χ4n) is 2.78. The van der Waals surface area contributed by atoms with E-state index in [-0.39, 0.29) is 5.60 Å². The summed E-state index contributed by atoms with van der Waals surface area (Å²) in [7, 11) is 2.04. The predicted molar refractivity (Wildman–Crippen MR) is 116 cm³/mol. The Kier molecular flexibility index (Phi) is 7.20. The summed E-state index contributed by atoms with van der Waals surface area (Å²) in [6.07, 6.45) is 2.83. The minimum atomic E-state index is -0.119. The molecule has 0 fully saturated rings. The molecule has 27 heavy (non-hydrogen) atoms. The van der Waals surface area contributed by atoms with Crippen LogP contribution >= 0.6 is 0 Å². The van der Waals surface area contributed by atoms with Crippen LogP contribution in [0.4, 0.5) is 5.69 Å². The number of hydrogen-bond acceptors (Lipinski definition) is 2. The Morgan fingerprint density at radius 2 is 1.74 bits per heavy atom. The van der Waals surface area contributed by atoms with Crippen LogP contribution in [0.25, 0.3) is 0 Å². The lowest BCUT2D eigenvalue weighted by Crippen LogP contribution is -2.18. The molecule has 0 saturated heterocycles. The van der Waals surface area contributed by atoms with E-state index in [4.69, 9.17) is 4.74 Å². The molecule has 0 unspecified atom stereocenters. The van der Waals surface area contributed by atoms with Gasteiger partial charge in [-0.15, -0.1) is 0 Å². The SMILES string of the molecule is CCN(C)/C=N/c1cc(C)c(Cc2cccc(COC(C)(C)C)c2)cc1C. The van der Waals surface area contributed by atoms with Crippen molar-refractivity contribution in [1.29, 1.82) is 0 Å². The maximum Gasteiger partial charge on any atom is 0.0909 e. The second-order valence-electron chi connectivity index (χ2n) is 8.28. The van der Waals surface area contributed by atoms with Crippen molar-refractivity contribution in [3.8, 4) is 0 Å². The summed E-state index contributed by atoms with van der Waals surface area (Å²) in [5.74, 6) is 0. The summed E-state index contributed by atoms with van der Waals surface area (Å²) in [5, 5.41) is 0. The maximum absolute atomic E-state index is 5.91. The zero-order valence-corrected chi connectivity index (χ0v) is 18.0. The van der Waals surface area contributed by atoms with E-state index < -0.39 is 0 Å². The van der Waals surface area contributed by atoms with Crippen molar-refractivity contribution < 1.29 is 4.74 Å². The predicted octanol–water partition coefficient (Wildman–Crippen LogP) is 5.82. The average molecular weight is 367 g/mol. The Hall–Kier alpha value is -2.13. The van der Waals surface area contributed by atoms with E-state index in [0.717, 1.165) is 18.7 Å². The van der Waals surface area contributed by atoms with Crippen molar-refractivity contribution in [2.75, 3.05) is 13.6 Å². The first-order chi connectivity index (χ1) is 12.7. The Bertz CT molecular complexity index is 787. The van der Waals surface area contributed by atoms with Crippen LogP contribution in [0.5, 0.6) is 0 Å². The van der Waals surface area contributed by atoms with Crippen LogP contribution in [0.1, 0.15) is 55.5 Å². The highest BCUT2D eigenvalue weighted by Gasteiger charge is 2.11. The molecule has 0 aliphatic rings. The summed E-state index contributed by atoms with van der Waals surface area (Å²) in [6, 6.07) is 13.2. The van der Waals surface area contributed by atoms with Crippen LogP contribution in [0.3, 0.4) is 0 Å². The van der Waals surface area contributed by atoms with Crippen LogP contribution < -0.4 is 0 Å². The third-order valence-corrected chi connectivity index (χ3v) is 4.61. The highest BCUT2D eigenvalue weighted by atomic mass is 16.5. The van der Waals surface area contributed by atoms with Gasteiger partial charge in [0.1, 0.15) is 0 Å². The van der Waals surface area contributed by atoms with Crippen LogP contribution in [-0.2, 0) is 17.8 Å². The quantitative estimate of drug-likeness (QED) is 0.455. The van der Waals surface area contributed by atoms with E-state index in [0.29, 0.717) is 6.61 Å². The first-order valence-corrected chi connectivity index (χ1v) is 9.74. The molecule has 0 aliphatic carbocycles. The highest BCUT2D eigenvalue weighted by molar-refractivity contribution is 5.64. The van der Waals surface area contributed by atoms with Gasteiger partial charge in [-0.1, -0.05) is 30.3 Å². The monoisotopic (exact) mass is 366 g/mol. The lowest BCUT2D eigenvalue weighted by Gasteiger charge is -2.19. The Balaban J connectivity index is 2.15. The zero-order chi connectivity index (χ0) is 20.0. The van der Waals surface area contributed by atoms with Crippen LogP contribution in [0.15, 0.2) is 41.4 Å². The van der Waals surface area contributed by atoms with Gasteiger partial charge in [-0.25, -0.2) is 4.99 Å². The largest absolute Gasteiger partial charge is 0.371 e. The normalized spacial score (nSPS) is 12.0. The minimum absolute atomic E-state index is 0.119. The van der Waals surface area contributed by atoms with Crippen molar-refractivity contribution in [2.45, 2.75) is 60.2 Å². The number of benzene rings is 2. The van der Waals surface area contributed by atoms with Crippen LogP contribution in [0.2, 0.25) is 0 Å². The van der Waals surface area contributed by atoms with E-state index in [9.17, 15) is 0 Å². The summed E-state index contributed by atoms with van der Waals surface area (Å²) in [6.45, 7) is 14.3. The van der Waals surface area contributed by atoms with Crippen molar-refractivity contribution in [3.63, 3.8) is 0 Å². The smallest absolute Gasteiger partial charge is 0.0909 e. The van der Waals surface area contributed by atoms with E-state index in [1.165, 1.54) is 27.8 Å². The van der Waals surface area contributed by atoms with Gasteiger partial charge in [0.25, 0.3) is 0 Å². The highest BCUT2D eigenvalue weighted by Crippen LogP contribution is 2.25. The lowest BCUT2D eigenvalue weighted by atomic mass is 9.96.